The van der Waals surface area contributed by atoms with Crippen LogP contribution in [0.2, 0.25) is 0 Å². The molecule has 0 aliphatic heterocycles. The summed E-state index contributed by atoms with van der Waals surface area (Å²) in [7, 11) is -3.71. The van der Waals surface area contributed by atoms with Gasteiger partial charge in [-0.3, -0.25) is 0 Å². The molecule has 106 valence electrons. The summed E-state index contributed by atoms with van der Waals surface area (Å²) < 4.78 is 22.9. The monoisotopic (exact) mass is 284 g/mol. The van der Waals surface area contributed by atoms with Crippen LogP contribution in [0.1, 0.15) is 25.7 Å². The first kappa shape index (κ1) is 14.3. The number of nitrogens with one attached hydrogen (secondary N) is 1. The van der Waals surface area contributed by atoms with Crippen LogP contribution in [0.5, 0.6) is 0 Å². The molecule has 2 atom stereocenters. The van der Waals surface area contributed by atoms with Gasteiger partial charge in [0.1, 0.15) is 4.90 Å². The molecule has 6 heteroatoms. The third kappa shape index (κ3) is 3.92. The fraction of sp³-hybridized carbons (Fsp3) is 0.538. The zero-order chi connectivity index (χ0) is 13.9. The minimum atomic E-state index is -3.71. The molecule has 5 nitrogen and oxygen atoms in total. The molecule has 19 heavy (non-hydrogen) atoms. The highest BCUT2D eigenvalue weighted by molar-refractivity contribution is 7.89. The fourth-order valence-corrected chi connectivity index (χ4v) is 3.28. The number of para-hydroxylation sites is 1. The molecule has 0 amide bonds. The van der Waals surface area contributed by atoms with Gasteiger partial charge in [0, 0.05) is 6.54 Å². The zero-order valence-electron chi connectivity index (χ0n) is 10.7. The summed E-state index contributed by atoms with van der Waals surface area (Å²) in [6, 6.07) is 6.62. The second-order valence-electron chi connectivity index (χ2n) is 5.11. The highest BCUT2D eigenvalue weighted by Crippen LogP contribution is 2.26. The summed E-state index contributed by atoms with van der Waals surface area (Å²) in [5, 5.41) is 17.9. The Kier molecular flexibility index (Phi) is 4.44. The second kappa shape index (κ2) is 5.90. The lowest BCUT2D eigenvalue weighted by atomic mass is 9.87. The van der Waals surface area contributed by atoms with Crippen molar-refractivity contribution in [1.82, 2.24) is 0 Å². The van der Waals surface area contributed by atoms with Crippen molar-refractivity contribution in [2.75, 3.05) is 11.9 Å². The van der Waals surface area contributed by atoms with E-state index in [1.807, 2.05) is 0 Å². The Hall–Kier alpha value is -1.11. The van der Waals surface area contributed by atoms with E-state index in [2.05, 4.69) is 5.32 Å². The Morgan fingerprint density at radius 2 is 2.05 bits per heavy atom. The molecule has 0 bridgehead atoms. The van der Waals surface area contributed by atoms with Crippen LogP contribution < -0.4 is 10.5 Å². The minimum Gasteiger partial charge on any atom is -0.393 e. The number of rotatable bonds is 4. The molecule has 1 fully saturated rings. The molecule has 1 aliphatic rings. The number of sulfonamides is 1. The number of aliphatic hydroxyl groups is 1. The summed E-state index contributed by atoms with van der Waals surface area (Å²) in [5.41, 5.74) is 0.532. The van der Waals surface area contributed by atoms with E-state index in [0.717, 1.165) is 25.7 Å². The van der Waals surface area contributed by atoms with E-state index in [1.54, 1.807) is 18.2 Å². The van der Waals surface area contributed by atoms with Gasteiger partial charge in [-0.2, -0.15) is 0 Å². The van der Waals surface area contributed by atoms with Gasteiger partial charge in [0.2, 0.25) is 10.0 Å². The maximum Gasteiger partial charge on any atom is 0.240 e. The summed E-state index contributed by atoms with van der Waals surface area (Å²) in [6.45, 7) is 0.656. The molecule has 1 aliphatic carbocycles. The van der Waals surface area contributed by atoms with Gasteiger partial charge in [-0.1, -0.05) is 18.6 Å². The summed E-state index contributed by atoms with van der Waals surface area (Å²) in [4.78, 5) is 0.117. The van der Waals surface area contributed by atoms with Crippen molar-refractivity contribution >= 4 is 15.7 Å². The highest BCUT2D eigenvalue weighted by Gasteiger charge is 2.20. The molecule has 1 saturated carbocycles. The molecule has 4 N–H and O–H groups in total. The first-order valence-corrected chi connectivity index (χ1v) is 8.05. The van der Waals surface area contributed by atoms with Crippen molar-refractivity contribution in [2.45, 2.75) is 36.7 Å². The molecular weight excluding hydrogens is 264 g/mol. The van der Waals surface area contributed by atoms with Gasteiger partial charge in [-0.25, -0.2) is 13.6 Å². The van der Waals surface area contributed by atoms with Gasteiger partial charge >= 0.3 is 0 Å². The maximum atomic E-state index is 11.5. The van der Waals surface area contributed by atoms with Gasteiger partial charge < -0.3 is 10.4 Å². The highest BCUT2D eigenvalue weighted by atomic mass is 32.2. The lowest BCUT2D eigenvalue weighted by molar-refractivity contribution is 0.104. The van der Waals surface area contributed by atoms with Crippen LogP contribution >= 0.6 is 0 Å². The van der Waals surface area contributed by atoms with E-state index >= 15 is 0 Å². The number of hydrogen-bond donors (Lipinski definition) is 3. The number of hydrogen-bond acceptors (Lipinski definition) is 4. The van der Waals surface area contributed by atoms with E-state index in [0.29, 0.717) is 18.2 Å². The molecule has 2 rings (SSSR count). The SMILES string of the molecule is NS(=O)(=O)c1ccccc1NCC1CCCC(O)C1. The molecule has 0 heterocycles. The molecule has 0 radical (unpaired) electrons. The predicted octanol–water partition coefficient (Wildman–Crippen LogP) is 1.30. The van der Waals surface area contributed by atoms with Gasteiger partial charge in [0.25, 0.3) is 0 Å². The first-order chi connectivity index (χ1) is 8.97. The molecule has 0 aromatic heterocycles. The number of aliphatic hydroxyl groups excluding tert-OH is 1. The van der Waals surface area contributed by atoms with Crippen molar-refractivity contribution in [3.05, 3.63) is 24.3 Å². The Morgan fingerprint density at radius 1 is 1.32 bits per heavy atom. The zero-order valence-corrected chi connectivity index (χ0v) is 11.6. The Morgan fingerprint density at radius 3 is 2.74 bits per heavy atom. The maximum absolute atomic E-state index is 11.5. The number of benzene rings is 1. The number of primary sulfonamides is 1. The van der Waals surface area contributed by atoms with Gasteiger partial charge in [0.15, 0.2) is 0 Å². The van der Waals surface area contributed by atoms with E-state index in [9.17, 15) is 13.5 Å². The van der Waals surface area contributed by atoms with E-state index < -0.39 is 10.0 Å². The molecule has 0 saturated heterocycles. The lowest BCUT2D eigenvalue weighted by Crippen LogP contribution is -2.25. The van der Waals surface area contributed by atoms with Crippen LogP contribution in [0.15, 0.2) is 29.2 Å². The Labute approximate surface area is 113 Å². The minimum absolute atomic E-state index is 0.117. The normalized spacial score (nSPS) is 24.1. The molecule has 2 unspecified atom stereocenters. The fourth-order valence-electron chi connectivity index (χ4n) is 2.56. The van der Waals surface area contributed by atoms with Crippen molar-refractivity contribution in [3.8, 4) is 0 Å². The van der Waals surface area contributed by atoms with Crippen molar-refractivity contribution < 1.29 is 13.5 Å². The van der Waals surface area contributed by atoms with Gasteiger partial charge in [-0.15, -0.1) is 0 Å². The van der Waals surface area contributed by atoms with Crippen LogP contribution in [-0.2, 0) is 10.0 Å². The van der Waals surface area contributed by atoms with Gasteiger partial charge in [0.05, 0.1) is 11.8 Å². The van der Waals surface area contributed by atoms with Crippen LogP contribution in [0.4, 0.5) is 5.69 Å². The van der Waals surface area contributed by atoms with Crippen molar-refractivity contribution in [2.24, 2.45) is 11.1 Å². The second-order valence-corrected chi connectivity index (χ2v) is 6.64. The van der Waals surface area contributed by atoms with Gasteiger partial charge in [-0.05, 0) is 37.3 Å². The van der Waals surface area contributed by atoms with Crippen LogP contribution in [0.25, 0.3) is 0 Å². The van der Waals surface area contributed by atoms with Crippen molar-refractivity contribution in [3.63, 3.8) is 0 Å². The smallest absolute Gasteiger partial charge is 0.240 e. The molecule has 0 spiro atoms. The Balaban J connectivity index is 2.04. The molecular formula is C13H20N2O3S. The average Bonchev–Trinajstić information content (AvgIpc) is 2.36. The van der Waals surface area contributed by atoms with E-state index in [-0.39, 0.29) is 11.0 Å². The van der Waals surface area contributed by atoms with Crippen LogP contribution in [-0.4, -0.2) is 26.2 Å². The third-order valence-electron chi connectivity index (χ3n) is 3.53. The van der Waals surface area contributed by atoms with E-state index in [4.69, 9.17) is 5.14 Å². The van der Waals surface area contributed by atoms with Crippen LogP contribution in [0, 0.1) is 5.92 Å². The number of nitrogens with two attached hydrogens (primary N) is 1. The van der Waals surface area contributed by atoms with E-state index in [1.165, 1.54) is 6.07 Å². The summed E-state index contributed by atoms with van der Waals surface area (Å²) >= 11 is 0. The quantitative estimate of drug-likeness (QED) is 0.777. The summed E-state index contributed by atoms with van der Waals surface area (Å²) in [5.74, 6) is 0.372. The molecule has 1 aromatic carbocycles. The lowest BCUT2D eigenvalue weighted by Gasteiger charge is -2.26. The predicted molar refractivity (Wildman–Crippen MR) is 74.3 cm³/mol. The summed E-state index contributed by atoms with van der Waals surface area (Å²) in [6.07, 6.45) is 3.48. The first-order valence-electron chi connectivity index (χ1n) is 6.50. The standard InChI is InChI=1S/C13H20N2O3S/c14-19(17,18)13-7-2-1-6-12(13)15-9-10-4-3-5-11(16)8-10/h1-2,6-7,10-11,15-16H,3-5,8-9H2,(H2,14,17,18). The Bertz CT molecular complexity index is 530. The number of anilines is 1. The van der Waals surface area contributed by atoms with Crippen LogP contribution in [0.3, 0.4) is 0 Å². The molecule has 1 aromatic rings. The third-order valence-corrected chi connectivity index (χ3v) is 4.50. The largest absolute Gasteiger partial charge is 0.393 e. The average molecular weight is 284 g/mol. The van der Waals surface area contributed by atoms with Crippen molar-refractivity contribution in [1.29, 1.82) is 0 Å². The topological polar surface area (TPSA) is 92.4 Å².